The molecule has 3 heterocycles. The van der Waals surface area contributed by atoms with Crippen LogP contribution >= 0.6 is 0 Å². The van der Waals surface area contributed by atoms with Gasteiger partial charge in [-0.2, -0.15) is 4.98 Å². The van der Waals surface area contributed by atoms with Crippen LogP contribution in [-0.4, -0.2) is 45.3 Å². The van der Waals surface area contributed by atoms with E-state index in [1.54, 1.807) is 7.05 Å². The average Bonchev–Trinajstić information content (AvgIpc) is 3.01. The lowest BCUT2D eigenvalue weighted by Crippen LogP contribution is -2.44. The molecular formula is C17H22N6O2. The Kier molecular flexibility index (Phi) is 4.04. The van der Waals surface area contributed by atoms with Crippen LogP contribution in [0.2, 0.25) is 0 Å². The van der Waals surface area contributed by atoms with E-state index < -0.39 is 5.69 Å². The Balaban J connectivity index is 1.87. The normalized spacial score (nSPS) is 20.5. The number of imidazole rings is 1. The fourth-order valence-electron chi connectivity index (χ4n) is 3.50. The van der Waals surface area contributed by atoms with Gasteiger partial charge in [-0.05, 0) is 12.3 Å². The van der Waals surface area contributed by atoms with Gasteiger partial charge in [0.15, 0.2) is 11.2 Å². The summed E-state index contributed by atoms with van der Waals surface area (Å²) < 4.78 is 3.39. The summed E-state index contributed by atoms with van der Waals surface area (Å²) in [5, 5.41) is 3.33. The minimum Gasteiger partial charge on any atom is -0.340 e. The van der Waals surface area contributed by atoms with Crippen molar-refractivity contribution >= 4 is 17.1 Å². The number of anilines is 1. The number of aromatic amines is 1. The van der Waals surface area contributed by atoms with Crippen LogP contribution in [0.4, 0.5) is 5.95 Å². The minimum atomic E-state index is -0.436. The van der Waals surface area contributed by atoms with Crippen molar-refractivity contribution in [2.24, 2.45) is 13.0 Å². The SMILES string of the molecule is Cn1c(=O)[nH]c(=O)c2c1nc(N1CCNCC1)n2CC1C=CC=CC1. The molecule has 2 N–H and O–H groups in total. The summed E-state index contributed by atoms with van der Waals surface area (Å²) in [7, 11) is 1.64. The van der Waals surface area contributed by atoms with E-state index in [2.05, 4.69) is 32.3 Å². The Labute approximate surface area is 144 Å². The summed E-state index contributed by atoms with van der Waals surface area (Å²) in [4.78, 5) is 33.7. The van der Waals surface area contributed by atoms with Gasteiger partial charge in [0, 0.05) is 39.8 Å². The van der Waals surface area contributed by atoms with Gasteiger partial charge in [-0.1, -0.05) is 24.3 Å². The number of aryl methyl sites for hydroxylation is 1. The maximum absolute atomic E-state index is 12.5. The van der Waals surface area contributed by atoms with Crippen LogP contribution in [0.25, 0.3) is 11.2 Å². The number of hydrogen-bond donors (Lipinski definition) is 2. The molecule has 25 heavy (non-hydrogen) atoms. The molecule has 0 saturated carbocycles. The third-order valence-corrected chi connectivity index (χ3v) is 4.87. The van der Waals surface area contributed by atoms with Gasteiger partial charge in [-0.25, -0.2) is 4.79 Å². The molecule has 132 valence electrons. The molecular weight excluding hydrogens is 320 g/mol. The summed E-state index contributed by atoms with van der Waals surface area (Å²) in [6.45, 7) is 4.08. The third kappa shape index (κ3) is 2.82. The zero-order chi connectivity index (χ0) is 17.4. The summed E-state index contributed by atoms with van der Waals surface area (Å²) in [5.74, 6) is 1.08. The number of allylic oxidation sites excluding steroid dienone is 4. The molecule has 8 nitrogen and oxygen atoms in total. The Morgan fingerprint density at radius 1 is 1.24 bits per heavy atom. The van der Waals surface area contributed by atoms with Crippen molar-refractivity contribution in [1.29, 1.82) is 0 Å². The number of hydrogen-bond acceptors (Lipinski definition) is 5. The Hall–Kier alpha value is -2.61. The number of H-pyrrole nitrogens is 1. The zero-order valence-electron chi connectivity index (χ0n) is 14.2. The Morgan fingerprint density at radius 3 is 2.76 bits per heavy atom. The Morgan fingerprint density at radius 2 is 2.04 bits per heavy atom. The van der Waals surface area contributed by atoms with Gasteiger partial charge in [0.05, 0.1) is 0 Å². The second kappa shape index (κ2) is 6.36. The standard InChI is InChI=1S/C17H22N6O2/c1-21-14-13(15(24)20-17(21)25)23(11-12-5-3-2-4-6-12)16(19-14)22-9-7-18-8-10-22/h2-5,12,18H,6-11H2,1H3,(H,20,24,25). The first-order valence-corrected chi connectivity index (χ1v) is 8.63. The van der Waals surface area contributed by atoms with Crippen molar-refractivity contribution in [2.75, 3.05) is 31.1 Å². The summed E-state index contributed by atoms with van der Waals surface area (Å²) in [5.41, 5.74) is 0.105. The molecule has 0 radical (unpaired) electrons. The predicted molar refractivity (Wildman–Crippen MR) is 97.1 cm³/mol. The van der Waals surface area contributed by atoms with E-state index >= 15 is 0 Å². The highest BCUT2D eigenvalue weighted by Gasteiger charge is 2.24. The Bertz CT molecular complexity index is 958. The minimum absolute atomic E-state index is 0.306. The average molecular weight is 342 g/mol. The van der Waals surface area contributed by atoms with Crippen LogP contribution in [0.15, 0.2) is 33.9 Å². The first kappa shape index (κ1) is 15.9. The van der Waals surface area contributed by atoms with Gasteiger partial charge in [0.1, 0.15) is 0 Å². The van der Waals surface area contributed by atoms with E-state index in [-0.39, 0.29) is 5.56 Å². The maximum Gasteiger partial charge on any atom is 0.329 e. The number of nitrogens with zero attached hydrogens (tertiary/aromatic N) is 4. The molecule has 2 aromatic heterocycles. The van der Waals surface area contributed by atoms with Crippen LogP contribution in [0.3, 0.4) is 0 Å². The molecule has 1 saturated heterocycles. The van der Waals surface area contributed by atoms with Crippen molar-refractivity contribution in [3.8, 4) is 0 Å². The summed E-state index contributed by atoms with van der Waals surface area (Å²) in [6, 6.07) is 0. The zero-order valence-corrected chi connectivity index (χ0v) is 14.2. The highest BCUT2D eigenvalue weighted by Crippen LogP contribution is 2.24. The van der Waals surface area contributed by atoms with Crippen molar-refractivity contribution in [2.45, 2.75) is 13.0 Å². The van der Waals surface area contributed by atoms with Gasteiger partial charge in [-0.15, -0.1) is 0 Å². The van der Waals surface area contributed by atoms with Crippen molar-refractivity contribution in [3.05, 3.63) is 45.1 Å². The van der Waals surface area contributed by atoms with Crippen molar-refractivity contribution in [1.82, 2.24) is 24.4 Å². The number of nitrogens with one attached hydrogen (secondary N) is 2. The largest absolute Gasteiger partial charge is 0.340 e. The van der Waals surface area contributed by atoms with E-state index in [1.807, 2.05) is 16.7 Å². The lowest BCUT2D eigenvalue weighted by atomic mass is 10.0. The molecule has 1 fully saturated rings. The van der Waals surface area contributed by atoms with Crippen molar-refractivity contribution in [3.63, 3.8) is 0 Å². The molecule has 1 aliphatic carbocycles. The number of rotatable bonds is 3. The van der Waals surface area contributed by atoms with E-state index in [0.29, 0.717) is 23.6 Å². The first-order chi connectivity index (χ1) is 12.1. The summed E-state index contributed by atoms with van der Waals surface area (Å²) in [6.07, 6.45) is 9.30. The monoisotopic (exact) mass is 342 g/mol. The van der Waals surface area contributed by atoms with Gasteiger partial charge >= 0.3 is 5.69 Å². The predicted octanol–water partition coefficient (Wildman–Crippen LogP) is -0.0348. The quantitative estimate of drug-likeness (QED) is 0.818. The smallest absolute Gasteiger partial charge is 0.329 e. The fourth-order valence-corrected chi connectivity index (χ4v) is 3.50. The van der Waals surface area contributed by atoms with E-state index in [4.69, 9.17) is 0 Å². The van der Waals surface area contributed by atoms with Gasteiger partial charge in [0.2, 0.25) is 5.95 Å². The highest BCUT2D eigenvalue weighted by molar-refractivity contribution is 5.74. The van der Waals surface area contributed by atoms with Gasteiger partial charge < -0.3 is 14.8 Å². The van der Waals surface area contributed by atoms with E-state index in [9.17, 15) is 9.59 Å². The molecule has 0 amide bonds. The second-order valence-corrected chi connectivity index (χ2v) is 6.56. The first-order valence-electron chi connectivity index (χ1n) is 8.63. The maximum atomic E-state index is 12.5. The highest BCUT2D eigenvalue weighted by atomic mass is 16.2. The van der Waals surface area contributed by atoms with Crippen LogP contribution in [0.5, 0.6) is 0 Å². The third-order valence-electron chi connectivity index (χ3n) is 4.87. The van der Waals surface area contributed by atoms with Crippen molar-refractivity contribution < 1.29 is 0 Å². The van der Waals surface area contributed by atoms with Crippen LogP contribution < -0.4 is 21.5 Å². The molecule has 0 aromatic carbocycles. The van der Waals surface area contributed by atoms with Gasteiger partial charge in [-0.3, -0.25) is 14.3 Å². The molecule has 1 aliphatic heterocycles. The van der Waals surface area contributed by atoms with Crippen LogP contribution in [0.1, 0.15) is 6.42 Å². The molecule has 4 rings (SSSR count). The lowest BCUT2D eigenvalue weighted by Gasteiger charge is -2.29. The molecule has 8 heteroatoms. The molecule has 2 aliphatic rings. The van der Waals surface area contributed by atoms with E-state index in [0.717, 1.165) is 38.5 Å². The van der Waals surface area contributed by atoms with Crippen LogP contribution in [0, 0.1) is 5.92 Å². The topological polar surface area (TPSA) is 87.9 Å². The number of fused-ring (bicyclic) bond motifs is 1. The molecule has 2 aromatic rings. The summed E-state index contributed by atoms with van der Waals surface area (Å²) >= 11 is 0. The lowest BCUT2D eigenvalue weighted by molar-refractivity contribution is 0.519. The second-order valence-electron chi connectivity index (χ2n) is 6.56. The van der Waals surface area contributed by atoms with Gasteiger partial charge in [0.25, 0.3) is 5.56 Å². The molecule has 1 atom stereocenters. The number of aromatic nitrogens is 4. The fraction of sp³-hybridized carbons (Fsp3) is 0.471. The van der Waals surface area contributed by atoms with E-state index in [1.165, 1.54) is 4.57 Å². The van der Waals surface area contributed by atoms with Crippen LogP contribution in [-0.2, 0) is 13.6 Å². The number of piperazine rings is 1. The molecule has 1 unspecified atom stereocenters. The molecule has 0 spiro atoms. The molecule has 0 bridgehead atoms.